The number of rotatable bonds is 5. The lowest BCUT2D eigenvalue weighted by atomic mass is 10.0. The molecule has 0 spiro atoms. The number of benzene rings is 2. The molecule has 0 unspecified atom stereocenters. The number of anilines is 1. The van der Waals surface area contributed by atoms with Gasteiger partial charge >= 0.3 is 6.03 Å². The maximum atomic E-state index is 12.7. The van der Waals surface area contributed by atoms with Crippen molar-refractivity contribution in [2.24, 2.45) is 0 Å². The normalized spacial score (nSPS) is 14.9. The molecular weight excluding hydrogens is 436 g/mol. The lowest BCUT2D eigenvalue weighted by molar-refractivity contribution is 0.102. The number of nitrogens with one attached hydrogen (secondary N) is 2. The average Bonchev–Trinajstić information content (AvgIpc) is 3.59. The van der Waals surface area contributed by atoms with Gasteiger partial charge < -0.3 is 25.2 Å². The Morgan fingerprint density at radius 1 is 1.09 bits per heavy atom. The van der Waals surface area contributed by atoms with E-state index in [0.29, 0.717) is 40.6 Å². The van der Waals surface area contributed by atoms with Crippen LogP contribution in [0, 0.1) is 0 Å². The van der Waals surface area contributed by atoms with Gasteiger partial charge in [-0.2, -0.15) is 9.78 Å². The Kier molecular flexibility index (Phi) is 5.83. The van der Waals surface area contributed by atoms with Crippen molar-refractivity contribution in [1.82, 2.24) is 15.1 Å². The predicted octanol–water partition coefficient (Wildman–Crippen LogP) is 4.47. The van der Waals surface area contributed by atoms with Gasteiger partial charge in [0, 0.05) is 35.3 Å². The molecule has 9 nitrogen and oxygen atoms in total. The summed E-state index contributed by atoms with van der Waals surface area (Å²) >= 11 is 0. The second-order valence-electron chi connectivity index (χ2n) is 8.44. The van der Waals surface area contributed by atoms with Crippen LogP contribution in [0.1, 0.15) is 54.6 Å². The van der Waals surface area contributed by atoms with Crippen LogP contribution in [0.25, 0.3) is 11.3 Å². The Labute approximate surface area is 196 Å². The van der Waals surface area contributed by atoms with Crippen LogP contribution in [0.15, 0.2) is 42.5 Å². The smallest absolute Gasteiger partial charge is 0.342 e. The Morgan fingerprint density at radius 2 is 1.88 bits per heavy atom. The number of ether oxygens (including phenoxy) is 2. The second kappa shape index (κ2) is 9.09. The summed E-state index contributed by atoms with van der Waals surface area (Å²) in [5.74, 6) is 1.01. The summed E-state index contributed by atoms with van der Waals surface area (Å²) in [6, 6.07) is 11.4. The summed E-state index contributed by atoms with van der Waals surface area (Å²) in [7, 11) is 0. The molecule has 2 amide bonds. The highest BCUT2D eigenvalue weighted by atomic mass is 16.7. The summed E-state index contributed by atoms with van der Waals surface area (Å²) in [6.07, 6.45) is 4.29. The maximum Gasteiger partial charge on any atom is 0.342 e. The molecule has 1 fully saturated rings. The van der Waals surface area contributed by atoms with Gasteiger partial charge in [-0.1, -0.05) is 12.8 Å². The van der Waals surface area contributed by atoms with Crippen LogP contribution in [-0.2, 0) is 0 Å². The SMILES string of the molecule is CCNC(=O)n1nc(-c2ccc(NC(=O)c3ccc4c(c3)OCO4)cc2O)cc1C1CCCC1. The van der Waals surface area contributed by atoms with E-state index in [1.165, 1.54) is 10.7 Å². The van der Waals surface area contributed by atoms with Crippen LogP contribution in [0.5, 0.6) is 17.2 Å². The standard InChI is InChI=1S/C25H26N4O5/c1-2-26-25(32)29-20(15-5-3-4-6-15)13-19(28-29)18-9-8-17(12-21(18)30)27-24(31)16-7-10-22-23(11-16)34-14-33-22/h7-13,15,30H,2-6,14H2,1H3,(H,26,32)(H,27,31). The quantitative estimate of drug-likeness (QED) is 0.515. The van der Waals surface area contributed by atoms with Crippen LogP contribution in [0.2, 0.25) is 0 Å². The largest absolute Gasteiger partial charge is 0.507 e. The fourth-order valence-corrected chi connectivity index (χ4v) is 4.50. The van der Waals surface area contributed by atoms with E-state index < -0.39 is 0 Å². The highest BCUT2D eigenvalue weighted by Crippen LogP contribution is 2.38. The van der Waals surface area contributed by atoms with Crippen LogP contribution >= 0.6 is 0 Å². The molecule has 34 heavy (non-hydrogen) atoms. The fourth-order valence-electron chi connectivity index (χ4n) is 4.50. The topological polar surface area (TPSA) is 115 Å². The number of phenolic OH excluding ortho intramolecular Hbond substituents is 1. The van der Waals surface area contributed by atoms with Crippen molar-refractivity contribution in [3.8, 4) is 28.5 Å². The summed E-state index contributed by atoms with van der Waals surface area (Å²) in [4.78, 5) is 25.3. The first-order chi connectivity index (χ1) is 16.5. The molecule has 0 atom stereocenters. The van der Waals surface area contributed by atoms with Crippen molar-refractivity contribution in [2.75, 3.05) is 18.7 Å². The van der Waals surface area contributed by atoms with E-state index in [2.05, 4.69) is 15.7 Å². The summed E-state index contributed by atoms with van der Waals surface area (Å²) in [5, 5.41) is 20.8. The van der Waals surface area contributed by atoms with E-state index >= 15 is 0 Å². The van der Waals surface area contributed by atoms with Gasteiger partial charge in [0.25, 0.3) is 5.91 Å². The molecule has 176 valence electrons. The van der Waals surface area contributed by atoms with Crippen molar-refractivity contribution in [2.45, 2.75) is 38.5 Å². The van der Waals surface area contributed by atoms with Gasteiger partial charge in [0.15, 0.2) is 11.5 Å². The number of carbonyl (C=O) groups excluding carboxylic acids is 2. The molecule has 2 aliphatic rings. The monoisotopic (exact) mass is 462 g/mol. The average molecular weight is 463 g/mol. The molecule has 1 aliphatic carbocycles. The number of amides is 2. The number of nitrogens with zero attached hydrogens (tertiary/aromatic N) is 2. The van der Waals surface area contributed by atoms with Crippen LogP contribution in [-0.4, -0.2) is 40.2 Å². The van der Waals surface area contributed by atoms with E-state index in [-0.39, 0.29) is 30.4 Å². The highest BCUT2D eigenvalue weighted by Gasteiger charge is 2.26. The Morgan fingerprint density at radius 3 is 2.65 bits per heavy atom. The molecule has 0 saturated heterocycles. The molecular formula is C25H26N4O5. The maximum absolute atomic E-state index is 12.7. The van der Waals surface area contributed by atoms with Gasteiger partial charge in [0.1, 0.15) is 5.75 Å². The van der Waals surface area contributed by atoms with Crippen molar-refractivity contribution >= 4 is 17.6 Å². The van der Waals surface area contributed by atoms with Crippen molar-refractivity contribution in [3.63, 3.8) is 0 Å². The summed E-state index contributed by atoms with van der Waals surface area (Å²) in [5.41, 5.74) is 2.71. The summed E-state index contributed by atoms with van der Waals surface area (Å²) < 4.78 is 12.0. The third kappa shape index (κ3) is 4.16. The molecule has 2 aromatic carbocycles. The van der Waals surface area contributed by atoms with Gasteiger partial charge in [-0.15, -0.1) is 0 Å². The Balaban J connectivity index is 1.38. The minimum Gasteiger partial charge on any atom is -0.507 e. The highest BCUT2D eigenvalue weighted by molar-refractivity contribution is 6.05. The molecule has 9 heteroatoms. The van der Waals surface area contributed by atoms with Gasteiger partial charge in [-0.3, -0.25) is 4.79 Å². The van der Waals surface area contributed by atoms with E-state index in [1.807, 2.05) is 13.0 Å². The molecule has 2 heterocycles. The molecule has 1 aliphatic heterocycles. The Bertz CT molecular complexity index is 1250. The number of hydrogen-bond donors (Lipinski definition) is 3. The van der Waals surface area contributed by atoms with Crippen LogP contribution in [0.3, 0.4) is 0 Å². The van der Waals surface area contributed by atoms with Gasteiger partial charge in [0.2, 0.25) is 6.79 Å². The van der Waals surface area contributed by atoms with E-state index in [4.69, 9.17) is 9.47 Å². The van der Waals surface area contributed by atoms with Gasteiger partial charge in [-0.05, 0) is 56.2 Å². The fraction of sp³-hybridized carbons (Fsp3) is 0.320. The molecule has 1 saturated carbocycles. The lowest BCUT2D eigenvalue weighted by Gasteiger charge is -2.11. The number of aromatic hydroxyl groups is 1. The number of fused-ring (bicyclic) bond motifs is 1. The number of phenols is 1. The van der Waals surface area contributed by atoms with Gasteiger partial charge in [-0.25, -0.2) is 4.79 Å². The molecule has 5 rings (SSSR count). The minimum atomic E-state index is -0.338. The van der Waals surface area contributed by atoms with E-state index in [1.54, 1.807) is 30.3 Å². The second-order valence-corrected chi connectivity index (χ2v) is 8.44. The first-order valence-electron chi connectivity index (χ1n) is 11.5. The molecule has 0 bridgehead atoms. The van der Waals surface area contributed by atoms with Crippen molar-refractivity contribution in [3.05, 3.63) is 53.7 Å². The van der Waals surface area contributed by atoms with Crippen molar-refractivity contribution < 1.29 is 24.2 Å². The zero-order chi connectivity index (χ0) is 23.7. The number of aromatic nitrogens is 2. The lowest BCUT2D eigenvalue weighted by Crippen LogP contribution is -2.30. The van der Waals surface area contributed by atoms with Crippen molar-refractivity contribution in [1.29, 1.82) is 0 Å². The third-order valence-corrected chi connectivity index (χ3v) is 6.20. The van der Waals surface area contributed by atoms with E-state index in [0.717, 1.165) is 31.4 Å². The van der Waals surface area contributed by atoms with Crippen LogP contribution in [0.4, 0.5) is 10.5 Å². The summed E-state index contributed by atoms with van der Waals surface area (Å²) in [6.45, 7) is 2.50. The predicted molar refractivity (Wildman–Crippen MR) is 126 cm³/mol. The van der Waals surface area contributed by atoms with Gasteiger partial charge in [0.05, 0.1) is 11.4 Å². The number of hydrogen-bond acceptors (Lipinski definition) is 6. The van der Waals surface area contributed by atoms with Crippen LogP contribution < -0.4 is 20.1 Å². The molecule has 3 aromatic rings. The molecule has 0 radical (unpaired) electrons. The minimum absolute atomic E-state index is 0.0398. The third-order valence-electron chi connectivity index (χ3n) is 6.20. The van der Waals surface area contributed by atoms with E-state index in [9.17, 15) is 14.7 Å². The first-order valence-corrected chi connectivity index (χ1v) is 11.5. The Hall–Kier alpha value is -4.01. The first kappa shape index (κ1) is 21.8. The number of carbonyl (C=O) groups is 2. The zero-order valence-corrected chi connectivity index (χ0v) is 18.8. The zero-order valence-electron chi connectivity index (χ0n) is 18.8. The molecule has 1 aromatic heterocycles. The molecule has 3 N–H and O–H groups in total.